The predicted octanol–water partition coefficient (Wildman–Crippen LogP) is 4.91. The zero-order valence-electron chi connectivity index (χ0n) is 22.9. The van der Waals surface area contributed by atoms with Gasteiger partial charge in [-0.25, -0.2) is 0 Å². The fourth-order valence-corrected chi connectivity index (χ4v) is 4.18. The van der Waals surface area contributed by atoms with Crippen LogP contribution in [0.25, 0.3) is 0 Å². The molecule has 0 spiro atoms. The van der Waals surface area contributed by atoms with Crippen molar-refractivity contribution in [2.24, 2.45) is 5.73 Å². The number of amides is 2. The van der Waals surface area contributed by atoms with Gasteiger partial charge in [0.15, 0.2) is 0 Å². The van der Waals surface area contributed by atoms with Gasteiger partial charge in [-0.15, -0.1) is 0 Å². The average Bonchev–Trinajstić information content (AvgIpc) is 2.85. The topological polar surface area (TPSA) is 159 Å². The van der Waals surface area contributed by atoms with E-state index < -0.39 is 18.0 Å². The summed E-state index contributed by atoms with van der Waals surface area (Å²) < 4.78 is 0. The van der Waals surface area contributed by atoms with Crippen molar-refractivity contribution in [3.8, 4) is 0 Å². The van der Waals surface area contributed by atoms with Crippen LogP contribution in [-0.2, 0) is 19.2 Å². The molecule has 0 saturated heterocycles. The molecule has 0 aliphatic carbocycles. The van der Waals surface area contributed by atoms with Gasteiger partial charge in [0.05, 0.1) is 0 Å². The molecule has 0 fully saturated rings. The number of nitrogens with one attached hydrogen (secondary N) is 2. The largest absolute Gasteiger partial charge is 0.481 e. The summed E-state index contributed by atoms with van der Waals surface area (Å²) in [5.74, 6) is -1.69. The van der Waals surface area contributed by atoms with Gasteiger partial charge in [0, 0.05) is 32.4 Å². The van der Waals surface area contributed by atoms with Crippen LogP contribution in [0.1, 0.15) is 135 Å². The molecule has 216 valence electrons. The molecule has 0 aromatic heterocycles. The van der Waals surface area contributed by atoms with E-state index in [0.717, 1.165) is 32.1 Å². The first-order chi connectivity index (χ1) is 17.8. The van der Waals surface area contributed by atoms with E-state index in [1.165, 1.54) is 57.8 Å². The standard InChI is InChI=1S/C28H53N3O6/c29-24(28(36)37)18-15-16-22-30-26(33)20-17-23-31-25(32)19-13-11-9-7-5-3-1-2-4-6-8-10-12-14-21-27(34)35/h24H,1-23,29H2,(H,30,33)(H,31,32)(H,34,35)(H,36,37)/t24-/m0/s1. The van der Waals surface area contributed by atoms with Gasteiger partial charge in [0.2, 0.25) is 11.8 Å². The summed E-state index contributed by atoms with van der Waals surface area (Å²) in [5.41, 5.74) is 5.43. The van der Waals surface area contributed by atoms with E-state index >= 15 is 0 Å². The van der Waals surface area contributed by atoms with Gasteiger partial charge >= 0.3 is 11.9 Å². The number of aliphatic carboxylic acids is 2. The average molecular weight is 528 g/mol. The highest BCUT2D eigenvalue weighted by molar-refractivity contribution is 5.77. The third-order valence-corrected chi connectivity index (χ3v) is 6.53. The highest BCUT2D eigenvalue weighted by Gasteiger charge is 2.10. The van der Waals surface area contributed by atoms with Crippen LogP contribution in [0.2, 0.25) is 0 Å². The van der Waals surface area contributed by atoms with Crippen LogP contribution in [0.3, 0.4) is 0 Å². The lowest BCUT2D eigenvalue weighted by atomic mass is 10.0. The van der Waals surface area contributed by atoms with E-state index in [1.54, 1.807) is 0 Å². The van der Waals surface area contributed by atoms with Gasteiger partial charge in [-0.05, 0) is 38.5 Å². The molecule has 0 rings (SSSR count). The quantitative estimate of drug-likeness (QED) is 0.0949. The van der Waals surface area contributed by atoms with Crippen molar-refractivity contribution in [1.82, 2.24) is 10.6 Å². The van der Waals surface area contributed by atoms with Crippen molar-refractivity contribution in [2.45, 2.75) is 141 Å². The number of rotatable bonds is 27. The molecule has 1 atom stereocenters. The summed E-state index contributed by atoms with van der Waals surface area (Å²) in [6, 6.07) is -0.841. The smallest absolute Gasteiger partial charge is 0.320 e. The van der Waals surface area contributed by atoms with Crippen LogP contribution in [0, 0.1) is 0 Å². The number of carboxylic acid groups (broad SMARTS) is 2. The van der Waals surface area contributed by atoms with Crippen molar-refractivity contribution in [3.63, 3.8) is 0 Å². The maximum Gasteiger partial charge on any atom is 0.320 e. The molecule has 0 aromatic carbocycles. The van der Waals surface area contributed by atoms with Gasteiger partial charge in [0.1, 0.15) is 6.04 Å². The minimum Gasteiger partial charge on any atom is -0.481 e. The van der Waals surface area contributed by atoms with Gasteiger partial charge in [-0.2, -0.15) is 0 Å². The number of unbranched alkanes of at least 4 members (excludes halogenated alkanes) is 14. The van der Waals surface area contributed by atoms with E-state index in [4.69, 9.17) is 15.9 Å². The number of hydrogen-bond acceptors (Lipinski definition) is 5. The van der Waals surface area contributed by atoms with E-state index in [0.29, 0.717) is 58.0 Å². The Balaban J connectivity index is 3.32. The second-order valence-corrected chi connectivity index (χ2v) is 10.1. The van der Waals surface area contributed by atoms with Crippen molar-refractivity contribution in [1.29, 1.82) is 0 Å². The summed E-state index contributed by atoms with van der Waals surface area (Å²) in [4.78, 5) is 44.8. The van der Waals surface area contributed by atoms with Crippen LogP contribution in [-0.4, -0.2) is 53.1 Å². The molecule has 0 heterocycles. The Morgan fingerprint density at radius 1 is 0.514 bits per heavy atom. The maximum atomic E-state index is 11.9. The molecule has 2 amide bonds. The third kappa shape index (κ3) is 26.7. The second kappa shape index (κ2) is 25.5. The Morgan fingerprint density at radius 3 is 1.32 bits per heavy atom. The minimum atomic E-state index is -1.000. The Bertz CT molecular complexity index is 615. The third-order valence-electron chi connectivity index (χ3n) is 6.53. The van der Waals surface area contributed by atoms with Gasteiger partial charge < -0.3 is 26.6 Å². The van der Waals surface area contributed by atoms with Crippen LogP contribution in [0.4, 0.5) is 0 Å². The van der Waals surface area contributed by atoms with Crippen molar-refractivity contribution < 1.29 is 29.4 Å². The summed E-state index contributed by atoms with van der Waals surface area (Å²) >= 11 is 0. The van der Waals surface area contributed by atoms with Crippen LogP contribution >= 0.6 is 0 Å². The molecule has 37 heavy (non-hydrogen) atoms. The lowest BCUT2D eigenvalue weighted by Gasteiger charge is -2.08. The highest BCUT2D eigenvalue weighted by atomic mass is 16.4. The first-order valence-corrected chi connectivity index (χ1v) is 14.6. The number of nitrogens with two attached hydrogens (primary N) is 1. The molecule has 0 radical (unpaired) electrons. The minimum absolute atomic E-state index is 0.0528. The molecule has 9 heteroatoms. The molecule has 0 bridgehead atoms. The van der Waals surface area contributed by atoms with Crippen LogP contribution < -0.4 is 16.4 Å². The molecule has 0 unspecified atom stereocenters. The predicted molar refractivity (Wildman–Crippen MR) is 146 cm³/mol. The monoisotopic (exact) mass is 527 g/mol. The second-order valence-electron chi connectivity index (χ2n) is 10.1. The van der Waals surface area contributed by atoms with E-state index in [2.05, 4.69) is 10.6 Å². The van der Waals surface area contributed by atoms with Crippen molar-refractivity contribution in [3.05, 3.63) is 0 Å². The first kappa shape index (κ1) is 34.8. The van der Waals surface area contributed by atoms with Crippen LogP contribution in [0.5, 0.6) is 0 Å². The summed E-state index contributed by atoms with van der Waals surface area (Å²) in [5, 5.41) is 23.0. The number of carbonyl (C=O) groups excluding carboxylic acids is 2. The maximum absolute atomic E-state index is 11.9. The molecule has 0 aromatic rings. The van der Waals surface area contributed by atoms with Crippen LogP contribution in [0.15, 0.2) is 0 Å². The molecule has 0 aliphatic rings. The number of carboxylic acids is 2. The number of carbonyl (C=O) groups is 4. The zero-order chi connectivity index (χ0) is 27.6. The SMILES string of the molecule is N[C@@H](CCCCNC(=O)CCCNC(=O)CCCCCCCCCCCCCCCCC(=O)O)C(=O)O. The Labute approximate surface area is 223 Å². The highest BCUT2D eigenvalue weighted by Crippen LogP contribution is 2.13. The summed E-state index contributed by atoms with van der Waals surface area (Å²) in [6.45, 7) is 1.01. The van der Waals surface area contributed by atoms with Gasteiger partial charge in [-0.1, -0.05) is 77.0 Å². The van der Waals surface area contributed by atoms with Gasteiger partial charge in [-0.3, -0.25) is 19.2 Å². The number of hydrogen-bond donors (Lipinski definition) is 5. The Kier molecular flexibility index (Phi) is 24.0. The molecule has 0 saturated carbocycles. The molecular formula is C28H53N3O6. The molecule has 9 nitrogen and oxygen atoms in total. The van der Waals surface area contributed by atoms with E-state index in [9.17, 15) is 19.2 Å². The fraction of sp³-hybridized carbons (Fsp3) is 0.857. The van der Waals surface area contributed by atoms with Gasteiger partial charge in [0.25, 0.3) is 0 Å². The molecular weight excluding hydrogens is 474 g/mol. The van der Waals surface area contributed by atoms with E-state index in [-0.39, 0.29) is 11.8 Å². The lowest BCUT2D eigenvalue weighted by Crippen LogP contribution is -2.30. The summed E-state index contributed by atoms with van der Waals surface area (Å²) in [6.07, 6.45) is 19.8. The molecule has 0 aliphatic heterocycles. The molecule has 6 N–H and O–H groups in total. The lowest BCUT2D eigenvalue weighted by molar-refractivity contribution is -0.139. The summed E-state index contributed by atoms with van der Waals surface area (Å²) in [7, 11) is 0. The first-order valence-electron chi connectivity index (χ1n) is 14.6. The normalized spacial score (nSPS) is 11.7. The zero-order valence-corrected chi connectivity index (χ0v) is 22.9. The van der Waals surface area contributed by atoms with Crippen molar-refractivity contribution in [2.75, 3.05) is 13.1 Å². The van der Waals surface area contributed by atoms with Crippen molar-refractivity contribution >= 4 is 23.8 Å². The fourth-order valence-electron chi connectivity index (χ4n) is 4.18. The Morgan fingerprint density at radius 2 is 0.892 bits per heavy atom. The Hall–Kier alpha value is -2.16. The van der Waals surface area contributed by atoms with E-state index in [1.807, 2.05) is 0 Å².